The van der Waals surface area contributed by atoms with Crippen LogP contribution in [0.1, 0.15) is 31.9 Å². The molecule has 19 heavy (non-hydrogen) atoms. The molecule has 0 saturated heterocycles. The lowest BCUT2D eigenvalue weighted by atomic mass is 10.1. The first-order chi connectivity index (χ1) is 9.28. The molecule has 0 aliphatic heterocycles. The maximum absolute atomic E-state index is 5.55. The smallest absolute Gasteiger partial charge is 0.246 e. The van der Waals surface area contributed by atoms with E-state index in [0.29, 0.717) is 11.8 Å². The van der Waals surface area contributed by atoms with Crippen LogP contribution in [0.2, 0.25) is 0 Å². The predicted octanol–water partition coefficient (Wildman–Crippen LogP) is 2.60. The number of nitrogens with zero attached hydrogens (tertiary/aromatic N) is 4. The molecule has 0 aliphatic rings. The van der Waals surface area contributed by atoms with Crippen molar-refractivity contribution in [2.24, 2.45) is 10.2 Å². The summed E-state index contributed by atoms with van der Waals surface area (Å²) in [6.45, 7) is 2.11. The topological polar surface area (TPSA) is 108 Å². The lowest BCUT2D eigenvalue weighted by molar-refractivity contribution is 0.547. The van der Waals surface area contributed by atoms with Crippen molar-refractivity contribution >= 4 is 11.8 Å². The first-order valence-corrected chi connectivity index (χ1v) is 6.48. The number of hydrogen-bond donors (Lipinski definition) is 3. The summed E-state index contributed by atoms with van der Waals surface area (Å²) in [5.74, 6) is 1.10. The van der Waals surface area contributed by atoms with Crippen LogP contribution in [0.4, 0.5) is 11.8 Å². The molecule has 2 aromatic heterocycles. The summed E-state index contributed by atoms with van der Waals surface area (Å²) in [4.78, 5) is 6.91. The maximum atomic E-state index is 5.55. The molecule has 0 spiro atoms. The van der Waals surface area contributed by atoms with E-state index in [4.69, 9.17) is 5.73 Å². The predicted molar refractivity (Wildman–Crippen MR) is 73.1 cm³/mol. The molecule has 1 atom stereocenters. The number of hydrogen-bond acceptors (Lipinski definition) is 5. The Hall–Kier alpha value is -2.18. The van der Waals surface area contributed by atoms with Crippen molar-refractivity contribution in [3.8, 4) is 0 Å². The van der Waals surface area contributed by atoms with Gasteiger partial charge in [0.1, 0.15) is 5.82 Å². The summed E-state index contributed by atoms with van der Waals surface area (Å²) in [6.07, 6.45) is 7.30. The molecular weight excluding hydrogens is 242 g/mol. The van der Waals surface area contributed by atoms with Crippen LogP contribution >= 0.6 is 0 Å². The van der Waals surface area contributed by atoms with Gasteiger partial charge in [-0.1, -0.05) is 6.92 Å². The number of anilines is 1. The molecule has 2 aromatic rings. The molecule has 7 nitrogen and oxygen atoms in total. The molecule has 102 valence electrons. The summed E-state index contributed by atoms with van der Waals surface area (Å²) in [6, 6.07) is 2.09. The Bertz CT molecular complexity index is 500. The normalized spacial score (nSPS) is 13.1. The average Bonchev–Trinajstić information content (AvgIpc) is 3.05. The van der Waals surface area contributed by atoms with Crippen molar-refractivity contribution in [2.45, 2.75) is 38.6 Å². The van der Waals surface area contributed by atoms with Gasteiger partial charge in [0.15, 0.2) is 0 Å². The summed E-state index contributed by atoms with van der Waals surface area (Å²) in [7, 11) is 0. The third kappa shape index (κ3) is 4.20. The van der Waals surface area contributed by atoms with Gasteiger partial charge in [-0.05, 0) is 25.7 Å². The molecule has 0 radical (unpaired) electrons. The molecule has 2 rings (SSSR count). The highest BCUT2D eigenvalue weighted by molar-refractivity contribution is 5.28. The van der Waals surface area contributed by atoms with Crippen LogP contribution in [0.5, 0.6) is 0 Å². The van der Waals surface area contributed by atoms with E-state index in [-0.39, 0.29) is 6.04 Å². The molecule has 0 bridgehead atoms. The van der Waals surface area contributed by atoms with Gasteiger partial charge in [-0.15, -0.1) is 5.11 Å². The minimum absolute atomic E-state index is 0.227. The average molecular weight is 261 g/mol. The van der Waals surface area contributed by atoms with Crippen LogP contribution < -0.4 is 5.73 Å². The molecule has 0 unspecified atom stereocenters. The highest BCUT2D eigenvalue weighted by Gasteiger charge is 2.06. The number of rotatable bonds is 7. The maximum Gasteiger partial charge on any atom is 0.246 e. The third-order valence-electron chi connectivity index (χ3n) is 2.90. The minimum atomic E-state index is 0.227. The standard InChI is InChI=1S/C12H19N7/c1-2-9(16-19-12-14-6-7-15-12)4-3-5-10-8-11(13)18-17-10/h6-9H,2-5H2,1H3,(H,14,15)(H3,13,17,18)/t9-/m0/s1. The van der Waals surface area contributed by atoms with Crippen LogP contribution in [-0.2, 0) is 6.42 Å². The van der Waals surface area contributed by atoms with Crippen LogP contribution in [0.3, 0.4) is 0 Å². The third-order valence-corrected chi connectivity index (χ3v) is 2.90. The molecule has 0 aliphatic carbocycles. The zero-order valence-corrected chi connectivity index (χ0v) is 11.0. The summed E-state index contributed by atoms with van der Waals surface area (Å²) < 4.78 is 0. The fraction of sp³-hybridized carbons (Fsp3) is 0.500. The Balaban J connectivity index is 1.76. The van der Waals surface area contributed by atoms with Crippen molar-refractivity contribution in [1.82, 2.24) is 20.2 Å². The van der Waals surface area contributed by atoms with Crippen LogP contribution in [0.15, 0.2) is 28.7 Å². The molecule has 0 fully saturated rings. The van der Waals surface area contributed by atoms with Gasteiger partial charge in [-0.3, -0.25) is 5.10 Å². The van der Waals surface area contributed by atoms with Crippen molar-refractivity contribution in [2.75, 3.05) is 5.73 Å². The fourth-order valence-electron chi connectivity index (χ4n) is 1.83. The zero-order valence-electron chi connectivity index (χ0n) is 11.0. The summed E-state index contributed by atoms with van der Waals surface area (Å²) >= 11 is 0. The van der Waals surface area contributed by atoms with Crippen molar-refractivity contribution in [3.63, 3.8) is 0 Å². The van der Waals surface area contributed by atoms with Crippen LogP contribution in [-0.4, -0.2) is 26.2 Å². The molecule has 7 heteroatoms. The summed E-state index contributed by atoms with van der Waals surface area (Å²) in [5.41, 5.74) is 6.62. The number of nitrogens with two attached hydrogens (primary N) is 1. The van der Waals surface area contributed by atoms with Crippen LogP contribution in [0, 0.1) is 0 Å². The molecule has 2 heterocycles. The SMILES string of the molecule is CC[C@@H](CCCc1cc(N)n[nH]1)N=Nc1ncc[nH]1. The van der Waals surface area contributed by atoms with Gasteiger partial charge in [0.25, 0.3) is 0 Å². The van der Waals surface area contributed by atoms with E-state index in [1.807, 2.05) is 6.07 Å². The van der Waals surface area contributed by atoms with E-state index in [0.717, 1.165) is 31.4 Å². The van der Waals surface area contributed by atoms with Gasteiger partial charge in [0.2, 0.25) is 5.95 Å². The van der Waals surface area contributed by atoms with Gasteiger partial charge in [-0.25, -0.2) is 4.98 Å². The lowest BCUT2D eigenvalue weighted by Crippen LogP contribution is -2.02. The van der Waals surface area contributed by atoms with Gasteiger partial charge in [0.05, 0.1) is 6.04 Å². The zero-order chi connectivity index (χ0) is 13.5. The Morgan fingerprint density at radius 1 is 1.47 bits per heavy atom. The van der Waals surface area contributed by atoms with Crippen molar-refractivity contribution in [3.05, 3.63) is 24.2 Å². The quantitative estimate of drug-likeness (QED) is 0.666. The number of aryl methyl sites for hydroxylation is 1. The Labute approximate surface area is 111 Å². The van der Waals surface area contributed by atoms with Gasteiger partial charge in [0, 0.05) is 24.2 Å². The Kier molecular flexibility index (Phi) is 4.66. The number of nitrogens with one attached hydrogen (secondary N) is 2. The molecule has 0 saturated carbocycles. The second-order valence-electron chi connectivity index (χ2n) is 4.40. The molecule has 0 amide bonds. The number of aromatic nitrogens is 4. The lowest BCUT2D eigenvalue weighted by Gasteiger charge is -2.06. The monoisotopic (exact) mass is 261 g/mol. The number of azo groups is 1. The highest BCUT2D eigenvalue weighted by atomic mass is 15.2. The highest BCUT2D eigenvalue weighted by Crippen LogP contribution is 2.13. The van der Waals surface area contributed by atoms with E-state index in [2.05, 4.69) is 37.3 Å². The Morgan fingerprint density at radius 3 is 3.00 bits per heavy atom. The van der Waals surface area contributed by atoms with E-state index in [1.54, 1.807) is 12.4 Å². The largest absolute Gasteiger partial charge is 0.382 e. The van der Waals surface area contributed by atoms with E-state index >= 15 is 0 Å². The second kappa shape index (κ2) is 6.67. The van der Waals surface area contributed by atoms with Gasteiger partial charge in [-0.2, -0.15) is 10.2 Å². The van der Waals surface area contributed by atoms with E-state index in [9.17, 15) is 0 Å². The summed E-state index contributed by atoms with van der Waals surface area (Å²) in [5, 5.41) is 15.2. The number of nitrogen functional groups attached to an aromatic ring is 1. The van der Waals surface area contributed by atoms with Gasteiger partial charge >= 0.3 is 0 Å². The number of imidazole rings is 1. The molecular formula is C12H19N7. The van der Waals surface area contributed by atoms with Crippen molar-refractivity contribution in [1.29, 1.82) is 0 Å². The van der Waals surface area contributed by atoms with Crippen molar-refractivity contribution < 1.29 is 0 Å². The molecule has 0 aromatic carbocycles. The minimum Gasteiger partial charge on any atom is -0.382 e. The molecule has 4 N–H and O–H groups in total. The van der Waals surface area contributed by atoms with Gasteiger partial charge < -0.3 is 10.7 Å². The fourth-order valence-corrected chi connectivity index (χ4v) is 1.83. The van der Waals surface area contributed by atoms with E-state index in [1.165, 1.54) is 0 Å². The Morgan fingerprint density at radius 2 is 2.37 bits per heavy atom. The first kappa shape index (κ1) is 13.3. The van der Waals surface area contributed by atoms with Crippen LogP contribution in [0.25, 0.3) is 0 Å². The second-order valence-corrected chi connectivity index (χ2v) is 4.40. The first-order valence-electron chi connectivity index (χ1n) is 6.48. The number of H-pyrrole nitrogens is 2. The van der Waals surface area contributed by atoms with E-state index < -0.39 is 0 Å². The number of aromatic amines is 2.